The van der Waals surface area contributed by atoms with Gasteiger partial charge in [0.1, 0.15) is 18.4 Å². The third-order valence-electron chi connectivity index (χ3n) is 7.45. The van der Waals surface area contributed by atoms with Crippen LogP contribution in [0.3, 0.4) is 0 Å². The number of amides is 2. The number of methoxy groups -OCH3 is 2. The molecule has 0 aliphatic heterocycles. The van der Waals surface area contributed by atoms with Crippen LogP contribution >= 0.6 is 15.9 Å². The van der Waals surface area contributed by atoms with Gasteiger partial charge in [-0.1, -0.05) is 40.9 Å². The molecule has 0 radical (unpaired) electrons. The molecule has 3 aromatic carbocycles. The first-order chi connectivity index (χ1) is 20.5. The van der Waals surface area contributed by atoms with E-state index in [9.17, 15) is 22.4 Å². The molecule has 1 aliphatic rings. The summed E-state index contributed by atoms with van der Waals surface area (Å²) in [5.41, 5.74) is 0.828. The van der Waals surface area contributed by atoms with Crippen molar-refractivity contribution in [3.8, 4) is 11.5 Å². The molecule has 230 valence electrons. The third-order valence-corrected chi connectivity index (χ3v) is 9.71. The van der Waals surface area contributed by atoms with Gasteiger partial charge in [-0.05, 0) is 73.9 Å². The summed E-state index contributed by atoms with van der Waals surface area (Å²) < 4.78 is 54.2. The fourth-order valence-corrected chi connectivity index (χ4v) is 6.92. The van der Waals surface area contributed by atoms with Gasteiger partial charge in [-0.2, -0.15) is 0 Å². The molecule has 1 aliphatic carbocycles. The van der Waals surface area contributed by atoms with Crippen LogP contribution in [0.25, 0.3) is 0 Å². The van der Waals surface area contributed by atoms with E-state index in [1.165, 1.54) is 49.5 Å². The van der Waals surface area contributed by atoms with Gasteiger partial charge < -0.3 is 19.7 Å². The number of nitrogens with zero attached hydrogens (tertiary/aromatic N) is 2. The van der Waals surface area contributed by atoms with Crippen LogP contribution in [0.2, 0.25) is 0 Å². The van der Waals surface area contributed by atoms with Crippen molar-refractivity contribution in [1.82, 2.24) is 10.2 Å². The average molecular weight is 677 g/mol. The molecular weight excluding hydrogens is 641 g/mol. The van der Waals surface area contributed by atoms with Crippen LogP contribution in [-0.2, 0) is 26.2 Å². The number of nitrogens with one attached hydrogen (secondary N) is 1. The zero-order valence-corrected chi connectivity index (χ0v) is 26.7. The number of sulfonamides is 1. The minimum Gasteiger partial charge on any atom is -0.493 e. The molecule has 1 saturated carbocycles. The van der Waals surface area contributed by atoms with Crippen LogP contribution in [-0.4, -0.2) is 58.0 Å². The van der Waals surface area contributed by atoms with Crippen molar-refractivity contribution in [2.75, 3.05) is 25.1 Å². The standard InChI is InChI=1S/C31H35BrFN3O6S/c1-21(31(38)34-25-9-4-5-10-25)35(19-22-7-6-8-23(32)17-22)30(37)20-36(26-13-11-24(33)12-14-26)43(39,40)27-15-16-28(41-2)29(18-27)42-3/h6-8,11-18,21,25H,4-5,9-10,19-20H2,1-3H3,(H,34,38)/t21-/m1/s1. The molecule has 1 atom stereocenters. The summed E-state index contributed by atoms with van der Waals surface area (Å²) in [7, 11) is -1.57. The molecule has 3 aromatic rings. The van der Waals surface area contributed by atoms with E-state index in [1.807, 2.05) is 24.3 Å². The van der Waals surface area contributed by atoms with Gasteiger partial charge >= 0.3 is 0 Å². The maximum absolute atomic E-state index is 14.1. The highest BCUT2D eigenvalue weighted by Crippen LogP contribution is 2.32. The summed E-state index contributed by atoms with van der Waals surface area (Å²) in [6.45, 7) is 1.05. The van der Waals surface area contributed by atoms with Gasteiger partial charge in [0.2, 0.25) is 11.8 Å². The Labute approximate surface area is 260 Å². The SMILES string of the molecule is COc1ccc(S(=O)(=O)N(CC(=O)N(Cc2cccc(Br)c2)[C@H](C)C(=O)NC2CCCC2)c2ccc(F)cc2)cc1OC. The Morgan fingerprint density at radius 3 is 2.30 bits per heavy atom. The summed E-state index contributed by atoms with van der Waals surface area (Å²) in [5, 5.41) is 3.04. The number of halogens is 2. The number of carbonyl (C=O) groups excluding carboxylic acids is 2. The van der Waals surface area contributed by atoms with Crippen molar-refractivity contribution in [3.05, 3.63) is 82.6 Å². The average Bonchev–Trinajstić information content (AvgIpc) is 3.51. The molecule has 1 fully saturated rings. The lowest BCUT2D eigenvalue weighted by Gasteiger charge is -2.32. The van der Waals surface area contributed by atoms with E-state index < -0.39 is 34.3 Å². The molecule has 4 rings (SSSR count). The van der Waals surface area contributed by atoms with Gasteiger partial charge in [0.25, 0.3) is 10.0 Å². The second kappa shape index (κ2) is 14.2. The van der Waals surface area contributed by atoms with Crippen molar-refractivity contribution in [3.63, 3.8) is 0 Å². The highest BCUT2D eigenvalue weighted by atomic mass is 79.9. The van der Waals surface area contributed by atoms with Gasteiger partial charge in [0.15, 0.2) is 11.5 Å². The first kappa shape index (κ1) is 32.3. The maximum Gasteiger partial charge on any atom is 0.264 e. The van der Waals surface area contributed by atoms with Crippen LogP contribution in [0.5, 0.6) is 11.5 Å². The van der Waals surface area contributed by atoms with Crippen molar-refractivity contribution < 1.29 is 31.9 Å². The summed E-state index contributed by atoms with van der Waals surface area (Å²) >= 11 is 3.44. The van der Waals surface area contributed by atoms with E-state index in [2.05, 4.69) is 21.2 Å². The first-order valence-electron chi connectivity index (χ1n) is 13.9. The molecule has 2 amide bonds. The smallest absolute Gasteiger partial charge is 0.264 e. The molecule has 0 bridgehead atoms. The van der Waals surface area contributed by atoms with Gasteiger partial charge in [0, 0.05) is 23.1 Å². The van der Waals surface area contributed by atoms with Crippen molar-refractivity contribution in [1.29, 1.82) is 0 Å². The van der Waals surface area contributed by atoms with E-state index in [-0.39, 0.29) is 34.8 Å². The summed E-state index contributed by atoms with van der Waals surface area (Å²) in [6.07, 6.45) is 3.81. The monoisotopic (exact) mass is 675 g/mol. The molecule has 1 N–H and O–H groups in total. The van der Waals surface area contributed by atoms with Gasteiger partial charge in [-0.25, -0.2) is 12.8 Å². The van der Waals surface area contributed by atoms with Crippen LogP contribution in [0.4, 0.5) is 10.1 Å². The second-order valence-corrected chi connectivity index (χ2v) is 13.1. The summed E-state index contributed by atoms with van der Waals surface area (Å²) in [5.74, 6) is -0.976. The van der Waals surface area contributed by atoms with Gasteiger partial charge in [0.05, 0.1) is 24.8 Å². The van der Waals surface area contributed by atoms with Gasteiger partial charge in [-0.3, -0.25) is 13.9 Å². The second-order valence-electron chi connectivity index (χ2n) is 10.3. The molecule has 0 spiro atoms. The molecule has 0 saturated heterocycles. The van der Waals surface area contributed by atoms with Gasteiger partial charge in [-0.15, -0.1) is 0 Å². The molecule has 0 aromatic heterocycles. The fourth-order valence-electron chi connectivity index (χ4n) is 5.05. The third kappa shape index (κ3) is 7.85. The molecule has 0 heterocycles. The maximum atomic E-state index is 14.1. The summed E-state index contributed by atoms with van der Waals surface area (Å²) in [4.78, 5) is 28.6. The Bertz CT molecular complexity index is 1550. The highest BCUT2D eigenvalue weighted by molar-refractivity contribution is 9.10. The van der Waals surface area contributed by atoms with Crippen LogP contribution < -0.4 is 19.1 Å². The lowest BCUT2D eigenvalue weighted by molar-refractivity contribution is -0.139. The van der Waals surface area contributed by atoms with E-state index >= 15 is 0 Å². The van der Waals surface area contributed by atoms with E-state index in [0.29, 0.717) is 5.75 Å². The molecule has 9 nitrogen and oxygen atoms in total. The number of hydrogen-bond donors (Lipinski definition) is 1. The Hall–Kier alpha value is -3.64. The number of rotatable bonds is 12. The number of anilines is 1. The van der Waals surface area contributed by atoms with Crippen molar-refractivity contribution in [2.24, 2.45) is 0 Å². The predicted molar refractivity (Wildman–Crippen MR) is 165 cm³/mol. The summed E-state index contributed by atoms with van der Waals surface area (Å²) in [6, 6.07) is 15.4. The lowest BCUT2D eigenvalue weighted by Crippen LogP contribution is -2.52. The Balaban J connectivity index is 1.71. The normalized spacial score (nSPS) is 14.2. The topological polar surface area (TPSA) is 105 Å². The number of ether oxygens (including phenoxy) is 2. The zero-order chi connectivity index (χ0) is 31.1. The first-order valence-corrected chi connectivity index (χ1v) is 16.1. The highest BCUT2D eigenvalue weighted by Gasteiger charge is 2.34. The predicted octanol–water partition coefficient (Wildman–Crippen LogP) is 5.28. The number of carbonyl (C=O) groups is 2. The van der Waals surface area contributed by atoms with E-state index in [4.69, 9.17) is 9.47 Å². The number of hydrogen-bond acceptors (Lipinski definition) is 6. The Morgan fingerprint density at radius 1 is 1.00 bits per heavy atom. The molecule has 43 heavy (non-hydrogen) atoms. The Kier molecular flexibility index (Phi) is 10.7. The minimum atomic E-state index is -4.38. The Morgan fingerprint density at radius 2 is 1.67 bits per heavy atom. The van der Waals surface area contributed by atoms with Crippen LogP contribution in [0, 0.1) is 5.82 Å². The quantitative estimate of drug-likeness (QED) is 0.280. The van der Waals surface area contributed by atoms with Crippen molar-refractivity contribution in [2.45, 2.75) is 56.1 Å². The molecule has 0 unspecified atom stereocenters. The van der Waals surface area contributed by atoms with Crippen LogP contribution in [0.1, 0.15) is 38.2 Å². The molecular formula is C31H35BrFN3O6S. The lowest BCUT2D eigenvalue weighted by atomic mass is 10.1. The van der Waals surface area contributed by atoms with Crippen LogP contribution in [0.15, 0.2) is 76.1 Å². The van der Waals surface area contributed by atoms with E-state index in [0.717, 1.165) is 52.2 Å². The van der Waals surface area contributed by atoms with Crippen molar-refractivity contribution >= 4 is 43.5 Å². The minimum absolute atomic E-state index is 0.0407. The fraction of sp³-hybridized carbons (Fsp3) is 0.355. The van der Waals surface area contributed by atoms with E-state index in [1.54, 1.807) is 6.92 Å². The number of benzene rings is 3. The molecule has 12 heteroatoms. The largest absolute Gasteiger partial charge is 0.493 e. The zero-order valence-electron chi connectivity index (χ0n) is 24.3.